The Morgan fingerprint density at radius 3 is 2.75 bits per heavy atom. The summed E-state index contributed by atoms with van der Waals surface area (Å²) in [5, 5.41) is 5.82. The van der Waals surface area contributed by atoms with Crippen LogP contribution in [0, 0.1) is 6.92 Å². The van der Waals surface area contributed by atoms with Gasteiger partial charge in [0.1, 0.15) is 5.75 Å². The number of fused-ring (bicyclic) bond motifs is 2. The van der Waals surface area contributed by atoms with E-state index in [1.165, 1.54) is 10.9 Å². The van der Waals surface area contributed by atoms with Crippen molar-refractivity contribution in [1.29, 1.82) is 0 Å². The van der Waals surface area contributed by atoms with Crippen molar-refractivity contribution in [3.05, 3.63) is 42.0 Å². The predicted molar refractivity (Wildman–Crippen MR) is 102 cm³/mol. The summed E-state index contributed by atoms with van der Waals surface area (Å²) in [7, 11) is 1.70. The molecule has 0 amide bonds. The van der Waals surface area contributed by atoms with E-state index < -0.39 is 0 Å². The second-order valence-electron chi connectivity index (χ2n) is 6.37. The SMILES string of the molecule is COc1cc(NCCCC(C)N)c2nc3ccccc3c(C)c2c1. The average molecular weight is 323 g/mol. The molecule has 0 bridgehead atoms. The molecule has 3 N–H and O–H groups in total. The van der Waals surface area contributed by atoms with Gasteiger partial charge in [0, 0.05) is 29.4 Å². The third-order valence-electron chi connectivity index (χ3n) is 4.42. The van der Waals surface area contributed by atoms with E-state index in [2.05, 4.69) is 36.5 Å². The molecular weight excluding hydrogens is 298 g/mol. The van der Waals surface area contributed by atoms with Crippen molar-refractivity contribution >= 4 is 27.5 Å². The van der Waals surface area contributed by atoms with Crippen LogP contribution < -0.4 is 15.8 Å². The van der Waals surface area contributed by atoms with Crippen LogP contribution in [0.25, 0.3) is 21.8 Å². The number of pyridine rings is 1. The molecule has 0 aliphatic heterocycles. The molecule has 0 saturated carbocycles. The van der Waals surface area contributed by atoms with Gasteiger partial charge in [-0.15, -0.1) is 0 Å². The second-order valence-corrected chi connectivity index (χ2v) is 6.37. The van der Waals surface area contributed by atoms with Gasteiger partial charge in [0.05, 0.1) is 23.8 Å². The van der Waals surface area contributed by atoms with E-state index in [4.69, 9.17) is 15.5 Å². The maximum atomic E-state index is 5.83. The van der Waals surface area contributed by atoms with Gasteiger partial charge in [0.2, 0.25) is 0 Å². The molecule has 4 nitrogen and oxygen atoms in total. The van der Waals surface area contributed by atoms with Crippen LogP contribution in [0.2, 0.25) is 0 Å². The highest BCUT2D eigenvalue weighted by molar-refractivity contribution is 6.02. The lowest BCUT2D eigenvalue weighted by Gasteiger charge is -2.15. The van der Waals surface area contributed by atoms with Crippen LogP contribution in [0.15, 0.2) is 36.4 Å². The van der Waals surface area contributed by atoms with E-state index in [9.17, 15) is 0 Å². The maximum absolute atomic E-state index is 5.83. The first-order valence-corrected chi connectivity index (χ1v) is 8.46. The zero-order chi connectivity index (χ0) is 17.1. The maximum Gasteiger partial charge on any atom is 0.121 e. The van der Waals surface area contributed by atoms with Gasteiger partial charge in [-0.25, -0.2) is 4.98 Å². The molecule has 1 heterocycles. The molecule has 0 aliphatic carbocycles. The number of para-hydroxylation sites is 1. The molecule has 0 aliphatic rings. The largest absolute Gasteiger partial charge is 0.497 e. The summed E-state index contributed by atoms with van der Waals surface area (Å²) in [6, 6.07) is 12.6. The molecule has 1 atom stereocenters. The molecule has 2 aromatic carbocycles. The number of aromatic nitrogens is 1. The molecular formula is C20H25N3O. The Kier molecular flexibility index (Phi) is 4.86. The van der Waals surface area contributed by atoms with Crippen LogP contribution in [0.4, 0.5) is 5.69 Å². The van der Waals surface area contributed by atoms with Crippen LogP contribution in [0.5, 0.6) is 5.75 Å². The third kappa shape index (κ3) is 3.29. The van der Waals surface area contributed by atoms with Gasteiger partial charge in [0.25, 0.3) is 0 Å². The summed E-state index contributed by atoms with van der Waals surface area (Å²) in [6.07, 6.45) is 2.03. The zero-order valence-electron chi connectivity index (χ0n) is 14.6. The Morgan fingerprint density at radius 1 is 1.21 bits per heavy atom. The summed E-state index contributed by atoms with van der Waals surface area (Å²) in [4.78, 5) is 4.88. The second kappa shape index (κ2) is 7.05. The molecule has 1 unspecified atom stereocenters. The van der Waals surface area contributed by atoms with Crippen molar-refractivity contribution < 1.29 is 4.74 Å². The Morgan fingerprint density at radius 2 is 2.00 bits per heavy atom. The number of anilines is 1. The highest BCUT2D eigenvalue weighted by Crippen LogP contribution is 2.33. The number of aryl methyl sites for hydroxylation is 1. The van der Waals surface area contributed by atoms with E-state index in [-0.39, 0.29) is 6.04 Å². The zero-order valence-corrected chi connectivity index (χ0v) is 14.6. The fourth-order valence-electron chi connectivity index (χ4n) is 3.07. The number of nitrogens with two attached hydrogens (primary N) is 1. The van der Waals surface area contributed by atoms with Gasteiger partial charge in [0.15, 0.2) is 0 Å². The van der Waals surface area contributed by atoms with Gasteiger partial charge in [-0.1, -0.05) is 18.2 Å². The lowest BCUT2D eigenvalue weighted by atomic mass is 10.0. The van der Waals surface area contributed by atoms with Crippen molar-refractivity contribution in [2.75, 3.05) is 19.0 Å². The Bertz CT molecular complexity index is 858. The molecule has 0 fully saturated rings. The van der Waals surface area contributed by atoms with Gasteiger partial charge in [-0.2, -0.15) is 0 Å². The average Bonchev–Trinajstić information content (AvgIpc) is 2.59. The summed E-state index contributed by atoms with van der Waals surface area (Å²) < 4.78 is 5.49. The Hall–Kier alpha value is -2.33. The van der Waals surface area contributed by atoms with Gasteiger partial charge in [-0.05, 0) is 44.4 Å². The minimum Gasteiger partial charge on any atom is -0.497 e. The normalized spacial score (nSPS) is 12.5. The molecule has 1 aromatic heterocycles. The van der Waals surface area contributed by atoms with Gasteiger partial charge < -0.3 is 15.8 Å². The topological polar surface area (TPSA) is 60.2 Å². The number of benzene rings is 2. The summed E-state index contributed by atoms with van der Waals surface area (Å²) in [5.41, 5.74) is 10.1. The van der Waals surface area contributed by atoms with Crippen LogP contribution in [0.3, 0.4) is 0 Å². The van der Waals surface area contributed by atoms with Gasteiger partial charge in [-0.3, -0.25) is 0 Å². The lowest BCUT2D eigenvalue weighted by molar-refractivity contribution is 0.415. The van der Waals surface area contributed by atoms with E-state index in [1.807, 2.05) is 19.1 Å². The highest BCUT2D eigenvalue weighted by atomic mass is 16.5. The van der Waals surface area contributed by atoms with Crippen LogP contribution in [0.1, 0.15) is 25.3 Å². The fraction of sp³-hybridized carbons (Fsp3) is 0.350. The molecule has 4 heteroatoms. The summed E-state index contributed by atoms with van der Waals surface area (Å²) in [5.74, 6) is 0.845. The quantitative estimate of drug-likeness (QED) is 0.526. The van der Waals surface area contributed by atoms with Crippen LogP contribution in [-0.2, 0) is 0 Å². The number of methoxy groups -OCH3 is 1. The first kappa shape index (κ1) is 16.5. The van der Waals surface area contributed by atoms with Crippen LogP contribution >= 0.6 is 0 Å². The molecule has 3 aromatic rings. The molecule has 0 saturated heterocycles. The van der Waals surface area contributed by atoms with Crippen LogP contribution in [-0.4, -0.2) is 24.7 Å². The summed E-state index contributed by atoms with van der Waals surface area (Å²) >= 11 is 0. The van der Waals surface area contributed by atoms with Crippen molar-refractivity contribution in [1.82, 2.24) is 4.98 Å². The minimum absolute atomic E-state index is 0.234. The van der Waals surface area contributed by atoms with Crippen molar-refractivity contribution in [3.63, 3.8) is 0 Å². The highest BCUT2D eigenvalue weighted by Gasteiger charge is 2.11. The van der Waals surface area contributed by atoms with Crippen molar-refractivity contribution in [2.24, 2.45) is 5.73 Å². The number of nitrogens with zero attached hydrogens (tertiary/aromatic N) is 1. The van der Waals surface area contributed by atoms with E-state index in [0.29, 0.717) is 0 Å². The van der Waals surface area contributed by atoms with Gasteiger partial charge >= 0.3 is 0 Å². The number of ether oxygens (including phenoxy) is 1. The molecule has 0 spiro atoms. The van der Waals surface area contributed by atoms with E-state index >= 15 is 0 Å². The Labute approximate surface area is 143 Å². The standard InChI is InChI=1S/C20H25N3O/c1-13(21)7-6-10-22-19-12-15(24-3)11-17-14(2)16-8-4-5-9-18(16)23-20(17)19/h4-5,8-9,11-13,22H,6-7,10,21H2,1-3H3. The Balaban J connectivity index is 2.06. The number of nitrogens with one attached hydrogen (secondary N) is 1. The number of rotatable bonds is 6. The fourth-order valence-corrected chi connectivity index (χ4v) is 3.07. The lowest BCUT2D eigenvalue weighted by Crippen LogP contribution is -2.16. The smallest absolute Gasteiger partial charge is 0.121 e. The number of hydrogen-bond acceptors (Lipinski definition) is 4. The molecule has 0 radical (unpaired) electrons. The van der Waals surface area contributed by atoms with E-state index in [1.54, 1.807) is 7.11 Å². The minimum atomic E-state index is 0.234. The van der Waals surface area contributed by atoms with E-state index in [0.717, 1.165) is 47.2 Å². The first-order chi connectivity index (χ1) is 11.6. The third-order valence-corrected chi connectivity index (χ3v) is 4.42. The molecule has 126 valence electrons. The summed E-state index contributed by atoms with van der Waals surface area (Å²) in [6.45, 7) is 5.06. The monoisotopic (exact) mass is 323 g/mol. The number of hydrogen-bond donors (Lipinski definition) is 2. The predicted octanol–water partition coefficient (Wildman–Crippen LogP) is 4.24. The van der Waals surface area contributed by atoms with Crippen molar-refractivity contribution in [3.8, 4) is 5.75 Å². The first-order valence-electron chi connectivity index (χ1n) is 8.46. The van der Waals surface area contributed by atoms with Crippen molar-refractivity contribution in [2.45, 2.75) is 32.7 Å². The molecule has 24 heavy (non-hydrogen) atoms. The molecule has 3 rings (SSSR count).